The van der Waals surface area contributed by atoms with Crippen molar-refractivity contribution in [2.75, 3.05) is 39.5 Å². The van der Waals surface area contributed by atoms with Crippen LogP contribution in [0.5, 0.6) is 0 Å². The van der Waals surface area contributed by atoms with Gasteiger partial charge in [0.1, 0.15) is 0 Å². The van der Waals surface area contributed by atoms with E-state index in [0.29, 0.717) is 38.2 Å². The maximum absolute atomic E-state index is 12.1. The van der Waals surface area contributed by atoms with E-state index in [2.05, 4.69) is 20.9 Å². The first-order valence-corrected chi connectivity index (χ1v) is 10.2. The van der Waals surface area contributed by atoms with E-state index in [9.17, 15) is 9.90 Å². The van der Waals surface area contributed by atoms with E-state index in [1.807, 2.05) is 38.1 Å². The Kier molecular flexibility index (Phi) is 9.23. The van der Waals surface area contributed by atoms with Crippen molar-refractivity contribution in [3.63, 3.8) is 0 Å². The van der Waals surface area contributed by atoms with Crippen LogP contribution in [0.25, 0.3) is 0 Å². The second-order valence-electron chi connectivity index (χ2n) is 7.28. The number of aliphatic hydroxyl groups excluding tert-OH is 1. The number of carbonyl (C=O) groups is 1. The van der Waals surface area contributed by atoms with Gasteiger partial charge >= 0.3 is 0 Å². The number of hydrogen-bond donors (Lipinski definition) is 4. The second-order valence-corrected chi connectivity index (χ2v) is 7.28. The Morgan fingerprint density at radius 3 is 2.82 bits per heavy atom. The van der Waals surface area contributed by atoms with Crippen LogP contribution in [0, 0.1) is 5.41 Å². The maximum Gasteiger partial charge on any atom is 0.251 e. The minimum absolute atomic E-state index is 0.0395. The van der Waals surface area contributed by atoms with E-state index in [1.165, 1.54) is 0 Å². The van der Waals surface area contributed by atoms with Gasteiger partial charge in [0.2, 0.25) is 0 Å². The molecule has 0 bridgehead atoms. The molecule has 7 nitrogen and oxygen atoms in total. The third kappa shape index (κ3) is 6.80. The van der Waals surface area contributed by atoms with Gasteiger partial charge in [-0.3, -0.25) is 4.79 Å². The minimum atomic E-state index is -0.0510. The van der Waals surface area contributed by atoms with Crippen LogP contribution in [0.4, 0.5) is 0 Å². The number of aliphatic hydroxyl groups is 1. The minimum Gasteiger partial charge on any atom is -0.396 e. The molecule has 1 unspecified atom stereocenters. The average molecular weight is 391 g/mol. The molecule has 1 heterocycles. The van der Waals surface area contributed by atoms with Gasteiger partial charge in [-0.1, -0.05) is 19.1 Å². The summed E-state index contributed by atoms with van der Waals surface area (Å²) in [5.41, 5.74) is 1.60. The van der Waals surface area contributed by atoms with Gasteiger partial charge in [0.15, 0.2) is 5.96 Å². The van der Waals surface area contributed by atoms with E-state index in [4.69, 9.17) is 4.74 Å². The van der Waals surface area contributed by atoms with Gasteiger partial charge in [-0.25, -0.2) is 4.99 Å². The van der Waals surface area contributed by atoms with E-state index in [1.54, 1.807) is 0 Å². The molecule has 1 aliphatic heterocycles. The van der Waals surface area contributed by atoms with Crippen LogP contribution in [0.15, 0.2) is 29.3 Å². The van der Waals surface area contributed by atoms with Gasteiger partial charge in [-0.05, 0) is 43.9 Å². The lowest BCUT2D eigenvalue weighted by atomic mass is 9.84. The summed E-state index contributed by atoms with van der Waals surface area (Å²) >= 11 is 0. The van der Waals surface area contributed by atoms with E-state index >= 15 is 0 Å². The lowest BCUT2D eigenvalue weighted by Crippen LogP contribution is -2.44. The van der Waals surface area contributed by atoms with Gasteiger partial charge in [-0.15, -0.1) is 0 Å². The first-order chi connectivity index (χ1) is 13.6. The number of rotatable bonds is 10. The van der Waals surface area contributed by atoms with Crippen molar-refractivity contribution in [3.05, 3.63) is 35.4 Å². The molecular weight excluding hydrogens is 356 g/mol. The molecule has 0 radical (unpaired) electrons. The zero-order valence-corrected chi connectivity index (χ0v) is 17.1. The number of guanidine groups is 1. The number of nitrogens with one attached hydrogen (secondary N) is 3. The number of ether oxygens (including phenoxy) is 1. The van der Waals surface area contributed by atoms with Crippen LogP contribution in [0.2, 0.25) is 0 Å². The summed E-state index contributed by atoms with van der Waals surface area (Å²) in [6.07, 6.45) is 2.57. The van der Waals surface area contributed by atoms with Crippen molar-refractivity contribution in [2.24, 2.45) is 10.4 Å². The Morgan fingerprint density at radius 2 is 2.14 bits per heavy atom. The van der Waals surface area contributed by atoms with Crippen LogP contribution < -0.4 is 16.0 Å². The lowest BCUT2D eigenvalue weighted by molar-refractivity contribution is 0.0953. The zero-order valence-electron chi connectivity index (χ0n) is 17.1. The summed E-state index contributed by atoms with van der Waals surface area (Å²) < 4.78 is 5.55. The Labute approximate surface area is 168 Å². The highest BCUT2D eigenvalue weighted by Crippen LogP contribution is 2.31. The summed E-state index contributed by atoms with van der Waals surface area (Å²) in [6.45, 7) is 8.24. The number of carbonyl (C=O) groups excluding carboxylic acids is 1. The van der Waals surface area contributed by atoms with E-state index in [0.717, 1.165) is 37.5 Å². The van der Waals surface area contributed by atoms with Gasteiger partial charge < -0.3 is 25.8 Å². The fourth-order valence-electron chi connectivity index (χ4n) is 3.25. The summed E-state index contributed by atoms with van der Waals surface area (Å²) in [5, 5.41) is 18.9. The van der Waals surface area contributed by atoms with Crippen molar-refractivity contribution >= 4 is 11.9 Å². The monoisotopic (exact) mass is 390 g/mol. The van der Waals surface area contributed by atoms with E-state index < -0.39 is 0 Å². The molecule has 156 valence electrons. The van der Waals surface area contributed by atoms with Crippen LogP contribution in [0.1, 0.15) is 49.0 Å². The number of hydrogen-bond acceptors (Lipinski definition) is 4. The molecule has 0 aromatic heterocycles. The molecule has 1 aromatic carbocycles. The van der Waals surface area contributed by atoms with Gasteiger partial charge in [0.25, 0.3) is 5.91 Å². The molecule has 1 aromatic rings. The normalized spacial score (nSPS) is 19.5. The molecule has 2 rings (SSSR count). The van der Waals surface area contributed by atoms with Gasteiger partial charge in [-0.2, -0.15) is 0 Å². The summed E-state index contributed by atoms with van der Waals surface area (Å²) in [7, 11) is 0. The Hall–Kier alpha value is -2.12. The quantitative estimate of drug-likeness (QED) is 0.360. The van der Waals surface area contributed by atoms with Crippen molar-refractivity contribution in [1.29, 1.82) is 0 Å². The SMILES string of the molecule is CCCNC(=O)c1cccc(CN=C(NCC)NCC2(CCO)CCOC2)c1. The summed E-state index contributed by atoms with van der Waals surface area (Å²) in [5.74, 6) is 0.678. The van der Waals surface area contributed by atoms with Gasteiger partial charge in [0, 0.05) is 43.8 Å². The lowest BCUT2D eigenvalue weighted by Gasteiger charge is -2.27. The third-order valence-electron chi connectivity index (χ3n) is 4.95. The Balaban J connectivity index is 1.99. The number of benzene rings is 1. The fraction of sp³-hybridized carbons (Fsp3) is 0.619. The second kappa shape index (κ2) is 11.7. The average Bonchev–Trinajstić information content (AvgIpc) is 3.17. The standard InChI is InChI=1S/C21H34N4O3/c1-3-10-23-19(27)18-7-5-6-17(13-18)14-24-20(22-4-2)25-15-21(8-11-26)9-12-28-16-21/h5-7,13,26H,3-4,8-12,14-16H2,1-2H3,(H,23,27)(H2,22,24,25). The molecule has 1 atom stereocenters. The first-order valence-electron chi connectivity index (χ1n) is 10.2. The topological polar surface area (TPSA) is 95.0 Å². The van der Waals surface area contributed by atoms with Crippen LogP contribution in [-0.2, 0) is 11.3 Å². The molecule has 28 heavy (non-hydrogen) atoms. The molecule has 0 saturated carbocycles. The molecule has 1 fully saturated rings. The predicted molar refractivity (Wildman–Crippen MR) is 111 cm³/mol. The van der Waals surface area contributed by atoms with Crippen LogP contribution in [-0.4, -0.2) is 56.4 Å². The number of amides is 1. The highest BCUT2D eigenvalue weighted by atomic mass is 16.5. The molecule has 7 heteroatoms. The molecule has 0 aliphatic carbocycles. The molecule has 4 N–H and O–H groups in total. The highest BCUT2D eigenvalue weighted by Gasteiger charge is 2.34. The highest BCUT2D eigenvalue weighted by molar-refractivity contribution is 5.94. The summed E-state index contributed by atoms with van der Waals surface area (Å²) in [6, 6.07) is 7.57. The van der Waals surface area contributed by atoms with Crippen LogP contribution >= 0.6 is 0 Å². The molecule has 1 aliphatic rings. The van der Waals surface area contributed by atoms with Crippen molar-refractivity contribution in [3.8, 4) is 0 Å². The zero-order chi connectivity index (χ0) is 20.2. The maximum atomic E-state index is 12.1. The van der Waals surface area contributed by atoms with Crippen molar-refractivity contribution in [1.82, 2.24) is 16.0 Å². The number of aliphatic imine (C=N–C) groups is 1. The predicted octanol–water partition coefficient (Wildman–Crippen LogP) is 1.67. The largest absolute Gasteiger partial charge is 0.396 e. The summed E-state index contributed by atoms with van der Waals surface area (Å²) in [4.78, 5) is 16.8. The molecule has 1 saturated heterocycles. The first kappa shape index (κ1) is 22.2. The third-order valence-corrected chi connectivity index (χ3v) is 4.95. The van der Waals surface area contributed by atoms with Crippen molar-refractivity contribution < 1.29 is 14.6 Å². The molecule has 0 spiro atoms. The van der Waals surface area contributed by atoms with Crippen LogP contribution in [0.3, 0.4) is 0 Å². The molecule has 1 amide bonds. The van der Waals surface area contributed by atoms with E-state index in [-0.39, 0.29) is 17.9 Å². The van der Waals surface area contributed by atoms with Gasteiger partial charge in [0.05, 0.1) is 13.2 Å². The fourth-order valence-corrected chi connectivity index (χ4v) is 3.25. The Morgan fingerprint density at radius 1 is 1.29 bits per heavy atom. The Bertz CT molecular complexity index is 642. The molecular formula is C21H34N4O3. The number of nitrogens with zero attached hydrogens (tertiary/aromatic N) is 1. The smallest absolute Gasteiger partial charge is 0.251 e. The van der Waals surface area contributed by atoms with Crippen molar-refractivity contribution in [2.45, 2.75) is 39.7 Å².